The fourth-order valence-electron chi connectivity index (χ4n) is 1.27. The van der Waals surface area contributed by atoms with Gasteiger partial charge in [-0.1, -0.05) is 29.4 Å². The Morgan fingerprint density at radius 2 is 2.29 bits per heavy atom. The largest absolute Gasteiger partial charge is 0.266 e. The van der Waals surface area contributed by atoms with E-state index in [2.05, 4.69) is 4.98 Å². The van der Waals surface area contributed by atoms with Gasteiger partial charge in [0.25, 0.3) is 6.08 Å². The molecule has 0 N–H and O–H groups in total. The van der Waals surface area contributed by atoms with E-state index in [4.69, 9.17) is 11.6 Å². The van der Waals surface area contributed by atoms with Gasteiger partial charge in [-0.2, -0.15) is 8.78 Å². The van der Waals surface area contributed by atoms with E-state index in [-0.39, 0.29) is 0 Å². The van der Waals surface area contributed by atoms with Gasteiger partial charge < -0.3 is 0 Å². The predicted molar refractivity (Wildman–Crippen MR) is 70.3 cm³/mol. The maximum Gasteiger partial charge on any atom is 0.266 e. The zero-order valence-corrected chi connectivity index (χ0v) is 11.0. The van der Waals surface area contributed by atoms with Crippen LogP contribution in [0.25, 0.3) is 10.2 Å². The Kier molecular flexibility index (Phi) is 4.36. The van der Waals surface area contributed by atoms with Crippen molar-refractivity contribution in [3.8, 4) is 0 Å². The number of aromatic nitrogens is 1. The van der Waals surface area contributed by atoms with Crippen molar-refractivity contribution in [3.63, 3.8) is 0 Å². The number of rotatable bonds is 4. The third-order valence-corrected chi connectivity index (χ3v) is 4.70. The standard InChI is InChI=1S/C11H8ClF2NS2/c12-7-3-1-4-8-10(7)17-11(15-8)16-6-2-5-9(13)14/h1,3-5H,2,6H2. The van der Waals surface area contributed by atoms with Crippen LogP contribution < -0.4 is 0 Å². The van der Waals surface area contributed by atoms with Crippen molar-refractivity contribution in [2.45, 2.75) is 10.8 Å². The van der Waals surface area contributed by atoms with E-state index in [1.165, 1.54) is 23.1 Å². The molecule has 0 aliphatic heterocycles. The van der Waals surface area contributed by atoms with Gasteiger partial charge in [-0.3, -0.25) is 0 Å². The lowest BCUT2D eigenvalue weighted by Gasteiger charge is -1.91. The summed E-state index contributed by atoms with van der Waals surface area (Å²) in [6.45, 7) is 0. The third kappa shape index (κ3) is 3.40. The van der Waals surface area contributed by atoms with Crippen LogP contribution in [0.5, 0.6) is 0 Å². The molecule has 6 heteroatoms. The number of allylic oxidation sites excluding steroid dienone is 1. The molecule has 1 heterocycles. The summed E-state index contributed by atoms with van der Waals surface area (Å²) >= 11 is 8.99. The summed E-state index contributed by atoms with van der Waals surface area (Å²) in [6, 6.07) is 5.56. The first kappa shape index (κ1) is 12.8. The van der Waals surface area contributed by atoms with E-state index >= 15 is 0 Å². The van der Waals surface area contributed by atoms with Crippen LogP contribution in [0.1, 0.15) is 6.42 Å². The van der Waals surface area contributed by atoms with E-state index in [9.17, 15) is 8.78 Å². The Morgan fingerprint density at radius 1 is 1.47 bits per heavy atom. The average molecular weight is 292 g/mol. The van der Waals surface area contributed by atoms with Gasteiger partial charge in [-0.25, -0.2) is 4.98 Å². The van der Waals surface area contributed by atoms with Crippen LogP contribution in [-0.2, 0) is 0 Å². The van der Waals surface area contributed by atoms with Gasteiger partial charge in [0.15, 0.2) is 4.34 Å². The van der Waals surface area contributed by atoms with Crippen molar-refractivity contribution in [2.75, 3.05) is 5.75 Å². The number of thiazole rings is 1. The topological polar surface area (TPSA) is 12.9 Å². The highest BCUT2D eigenvalue weighted by molar-refractivity contribution is 8.01. The Hall–Kier alpha value is -0.650. The summed E-state index contributed by atoms with van der Waals surface area (Å²) < 4.78 is 25.4. The van der Waals surface area contributed by atoms with Gasteiger partial charge in [0.1, 0.15) is 0 Å². The van der Waals surface area contributed by atoms with E-state index in [0.717, 1.165) is 20.6 Å². The monoisotopic (exact) mass is 291 g/mol. The molecular weight excluding hydrogens is 284 g/mol. The fraction of sp³-hybridized carbons (Fsp3) is 0.182. The average Bonchev–Trinajstić information content (AvgIpc) is 2.69. The highest BCUT2D eigenvalue weighted by atomic mass is 35.5. The summed E-state index contributed by atoms with van der Waals surface area (Å²) in [7, 11) is 0. The molecule has 0 bridgehead atoms. The molecule has 0 spiro atoms. The quantitative estimate of drug-likeness (QED) is 0.566. The molecule has 2 rings (SSSR count). The smallest absolute Gasteiger partial charge is 0.230 e. The fourth-order valence-corrected chi connectivity index (χ4v) is 3.57. The lowest BCUT2D eigenvalue weighted by atomic mass is 10.3. The molecule has 0 atom stereocenters. The van der Waals surface area contributed by atoms with Crippen LogP contribution in [0.15, 0.2) is 34.7 Å². The predicted octanol–water partition coefficient (Wildman–Crippen LogP) is 5.21. The number of hydrogen-bond acceptors (Lipinski definition) is 3. The first-order chi connectivity index (χ1) is 8.16. The first-order valence-electron chi connectivity index (χ1n) is 4.86. The molecule has 90 valence electrons. The normalized spacial score (nSPS) is 10.8. The molecule has 1 aromatic carbocycles. The van der Waals surface area contributed by atoms with Crippen molar-refractivity contribution >= 4 is 44.9 Å². The molecule has 0 saturated heterocycles. The Labute approximate surface area is 111 Å². The highest BCUT2D eigenvalue weighted by Crippen LogP contribution is 2.34. The van der Waals surface area contributed by atoms with E-state index in [1.807, 2.05) is 18.2 Å². The summed E-state index contributed by atoms with van der Waals surface area (Å²) in [5.74, 6) is 0.592. The second kappa shape index (κ2) is 5.80. The van der Waals surface area contributed by atoms with Gasteiger partial charge in [0.2, 0.25) is 0 Å². The van der Waals surface area contributed by atoms with Crippen LogP contribution in [0.3, 0.4) is 0 Å². The minimum atomic E-state index is -1.63. The lowest BCUT2D eigenvalue weighted by Crippen LogP contribution is -1.76. The minimum Gasteiger partial charge on any atom is -0.230 e. The SMILES string of the molecule is FC(F)=CCCSc1nc2cccc(Cl)c2s1. The van der Waals surface area contributed by atoms with Crippen molar-refractivity contribution < 1.29 is 8.78 Å². The van der Waals surface area contributed by atoms with Crippen molar-refractivity contribution in [3.05, 3.63) is 35.4 Å². The van der Waals surface area contributed by atoms with Crippen molar-refractivity contribution in [2.24, 2.45) is 0 Å². The second-order valence-electron chi connectivity index (χ2n) is 3.20. The van der Waals surface area contributed by atoms with Gasteiger partial charge in [-0.05, 0) is 24.6 Å². The number of nitrogens with zero attached hydrogens (tertiary/aromatic N) is 1. The molecule has 0 fully saturated rings. The van der Waals surface area contributed by atoms with Crippen LogP contribution in [-0.4, -0.2) is 10.7 Å². The second-order valence-corrected chi connectivity index (χ2v) is 5.95. The van der Waals surface area contributed by atoms with E-state index in [0.29, 0.717) is 17.2 Å². The number of halogens is 3. The molecular formula is C11H8ClF2NS2. The molecule has 0 amide bonds. The molecule has 0 radical (unpaired) electrons. The Bertz CT molecular complexity index is 549. The molecule has 1 aromatic heterocycles. The highest BCUT2D eigenvalue weighted by Gasteiger charge is 2.06. The van der Waals surface area contributed by atoms with Crippen LogP contribution in [0.4, 0.5) is 8.78 Å². The number of thioether (sulfide) groups is 1. The Balaban J connectivity index is 2.05. The van der Waals surface area contributed by atoms with E-state index < -0.39 is 6.08 Å². The Morgan fingerprint density at radius 3 is 3.00 bits per heavy atom. The van der Waals surface area contributed by atoms with Crippen LogP contribution in [0, 0.1) is 0 Å². The van der Waals surface area contributed by atoms with Gasteiger partial charge in [-0.15, -0.1) is 11.3 Å². The van der Waals surface area contributed by atoms with Crippen molar-refractivity contribution in [1.82, 2.24) is 4.98 Å². The van der Waals surface area contributed by atoms with Crippen LogP contribution in [0.2, 0.25) is 5.02 Å². The summed E-state index contributed by atoms with van der Waals surface area (Å²) in [5, 5.41) is 0.682. The number of benzene rings is 1. The summed E-state index contributed by atoms with van der Waals surface area (Å²) in [4.78, 5) is 4.38. The van der Waals surface area contributed by atoms with Crippen molar-refractivity contribution in [1.29, 1.82) is 0 Å². The molecule has 0 saturated carbocycles. The maximum absolute atomic E-state index is 11.8. The van der Waals surface area contributed by atoms with Crippen LogP contribution >= 0.6 is 34.7 Å². The molecule has 17 heavy (non-hydrogen) atoms. The molecule has 2 aromatic rings. The first-order valence-corrected chi connectivity index (χ1v) is 7.04. The molecule has 0 aliphatic rings. The number of hydrogen-bond donors (Lipinski definition) is 0. The zero-order valence-electron chi connectivity index (χ0n) is 8.62. The van der Waals surface area contributed by atoms with E-state index in [1.54, 1.807) is 0 Å². The molecule has 1 nitrogen and oxygen atoms in total. The lowest BCUT2D eigenvalue weighted by molar-refractivity contribution is 0.418. The molecule has 0 aliphatic carbocycles. The maximum atomic E-state index is 11.8. The van der Waals surface area contributed by atoms with Gasteiger partial charge >= 0.3 is 0 Å². The third-order valence-electron chi connectivity index (χ3n) is 1.99. The summed E-state index contributed by atoms with van der Waals surface area (Å²) in [6.07, 6.45) is -0.359. The minimum absolute atomic E-state index is 0.344. The zero-order chi connectivity index (χ0) is 12.3. The van der Waals surface area contributed by atoms with Gasteiger partial charge in [0.05, 0.1) is 15.2 Å². The molecule has 0 unspecified atom stereocenters. The van der Waals surface area contributed by atoms with Gasteiger partial charge in [0, 0.05) is 5.75 Å². The number of fused-ring (bicyclic) bond motifs is 1. The summed E-state index contributed by atoms with van der Waals surface area (Å²) in [5.41, 5.74) is 0.859.